The van der Waals surface area contributed by atoms with Gasteiger partial charge in [0, 0.05) is 47.8 Å². The van der Waals surface area contributed by atoms with Gasteiger partial charge in [0.1, 0.15) is 11.7 Å². The molecule has 7 rings (SSSR count). The number of amides is 3. The van der Waals surface area contributed by atoms with Crippen molar-refractivity contribution in [3.63, 3.8) is 0 Å². The molecule has 1 unspecified atom stereocenters. The zero-order valence-corrected chi connectivity index (χ0v) is 29.3. The molecule has 4 heterocycles. The fourth-order valence-electron chi connectivity index (χ4n) is 6.56. The number of aromatic nitrogens is 3. The second-order valence-corrected chi connectivity index (χ2v) is 12.9. The van der Waals surface area contributed by atoms with Crippen molar-refractivity contribution < 1.29 is 18.8 Å². The van der Waals surface area contributed by atoms with Gasteiger partial charge < -0.3 is 15.2 Å². The van der Waals surface area contributed by atoms with Crippen molar-refractivity contribution >= 4 is 45.1 Å². The highest BCUT2D eigenvalue weighted by Gasteiger charge is 2.27. The summed E-state index contributed by atoms with van der Waals surface area (Å²) in [7, 11) is 1.81. The number of carbonyl (C=O) groups excluding carboxylic acids is 3. The van der Waals surface area contributed by atoms with Crippen LogP contribution in [-0.2, 0) is 23.1 Å². The van der Waals surface area contributed by atoms with Crippen molar-refractivity contribution in [2.45, 2.75) is 39.2 Å². The number of hydrogen-bond acceptors (Lipinski definition) is 7. The van der Waals surface area contributed by atoms with Crippen molar-refractivity contribution in [2.75, 3.05) is 11.9 Å². The van der Waals surface area contributed by atoms with E-state index in [-0.39, 0.29) is 47.8 Å². The van der Waals surface area contributed by atoms with E-state index >= 15 is 4.39 Å². The largest absolute Gasteiger partial charge is 0.371 e. The SMILES string of the molecule is CCc1cc(-c2cccc3cc(-c4ccc(C(=O)NCC#Cc5cccc(NC6CCC(=O)NC6=O)c5F)nc4)ncc23)c2cc(C)c(=O)n(C)c2c1. The lowest BCUT2D eigenvalue weighted by Crippen LogP contribution is -2.47. The highest BCUT2D eigenvalue weighted by Crippen LogP contribution is 2.36. The molecular weight excluding hydrogens is 671 g/mol. The van der Waals surface area contributed by atoms with Gasteiger partial charge in [-0.2, -0.15) is 0 Å². The molecule has 1 aliphatic rings. The standard InChI is InChI=1S/C42H35FN6O4/c1-4-25-19-30(31-18-24(2)42(53)49(3)37(31)20-25)29-11-5-9-27-21-36(46-23-32(27)29)28-13-14-34(45-22-28)40(51)44-17-7-10-26-8-6-12-33(39(26)43)47-35-15-16-38(50)48-41(35)52/h5-6,8-9,11-14,18-23,35,47H,4,15-17H2,1-3H3,(H,44,51)(H,48,50,52). The number of fused-ring (bicyclic) bond motifs is 2. The van der Waals surface area contributed by atoms with E-state index in [1.807, 2.05) is 44.4 Å². The number of hydrogen-bond donors (Lipinski definition) is 3. The van der Waals surface area contributed by atoms with Gasteiger partial charge in [0.2, 0.25) is 11.8 Å². The first-order valence-electron chi connectivity index (χ1n) is 17.3. The van der Waals surface area contributed by atoms with Crippen LogP contribution in [-0.4, -0.2) is 44.8 Å². The number of piperidine rings is 1. The summed E-state index contributed by atoms with van der Waals surface area (Å²) in [6.07, 6.45) is 4.70. The van der Waals surface area contributed by atoms with Crippen molar-refractivity contribution in [3.8, 4) is 34.2 Å². The third kappa shape index (κ3) is 6.99. The second-order valence-electron chi connectivity index (χ2n) is 12.9. The van der Waals surface area contributed by atoms with E-state index in [9.17, 15) is 19.2 Å². The summed E-state index contributed by atoms with van der Waals surface area (Å²) in [6.45, 7) is 3.89. The van der Waals surface area contributed by atoms with Gasteiger partial charge in [-0.3, -0.25) is 34.5 Å². The molecule has 1 atom stereocenters. The smallest absolute Gasteiger partial charge is 0.270 e. The van der Waals surface area contributed by atoms with E-state index in [1.165, 1.54) is 12.1 Å². The molecule has 1 aliphatic heterocycles. The molecular formula is C42H35FN6O4. The predicted molar refractivity (Wildman–Crippen MR) is 203 cm³/mol. The van der Waals surface area contributed by atoms with Crippen molar-refractivity contribution in [1.82, 2.24) is 25.2 Å². The summed E-state index contributed by atoms with van der Waals surface area (Å²) in [4.78, 5) is 58.2. The number of anilines is 1. The number of nitrogens with one attached hydrogen (secondary N) is 3. The van der Waals surface area contributed by atoms with Crippen LogP contribution in [0, 0.1) is 24.6 Å². The number of imide groups is 1. The van der Waals surface area contributed by atoms with Crippen LogP contribution in [0.1, 0.15) is 46.9 Å². The minimum Gasteiger partial charge on any atom is -0.371 e. The fourth-order valence-corrected chi connectivity index (χ4v) is 6.56. The predicted octanol–water partition coefficient (Wildman–Crippen LogP) is 5.82. The number of pyridine rings is 3. The maximum Gasteiger partial charge on any atom is 0.270 e. The lowest BCUT2D eigenvalue weighted by atomic mass is 9.93. The minimum atomic E-state index is -0.729. The topological polar surface area (TPSA) is 135 Å². The summed E-state index contributed by atoms with van der Waals surface area (Å²) in [6, 6.07) is 21.6. The molecule has 3 aromatic carbocycles. The third-order valence-corrected chi connectivity index (χ3v) is 9.47. The molecule has 0 radical (unpaired) electrons. The summed E-state index contributed by atoms with van der Waals surface area (Å²) in [5.41, 5.74) is 6.57. The minimum absolute atomic E-state index is 0.00974. The Labute approximate surface area is 304 Å². The van der Waals surface area contributed by atoms with Gasteiger partial charge in [-0.15, -0.1) is 0 Å². The number of rotatable bonds is 7. The van der Waals surface area contributed by atoms with E-state index in [1.54, 1.807) is 29.0 Å². The average Bonchev–Trinajstić information content (AvgIpc) is 3.17. The summed E-state index contributed by atoms with van der Waals surface area (Å²) in [5.74, 6) is 3.55. The Morgan fingerprint density at radius 2 is 1.81 bits per heavy atom. The molecule has 6 aromatic rings. The molecule has 3 aromatic heterocycles. The first-order chi connectivity index (χ1) is 25.6. The molecule has 0 bridgehead atoms. The number of benzene rings is 3. The number of aryl methyl sites for hydroxylation is 3. The van der Waals surface area contributed by atoms with E-state index in [2.05, 4.69) is 57.9 Å². The van der Waals surface area contributed by atoms with Gasteiger partial charge in [0.25, 0.3) is 11.5 Å². The number of halogens is 1. The molecule has 3 N–H and O–H groups in total. The van der Waals surface area contributed by atoms with Crippen molar-refractivity contribution in [3.05, 3.63) is 124 Å². The lowest BCUT2D eigenvalue weighted by molar-refractivity contribution is -0.133. The van der Waals surface area contributed by atoms with Crippen LogP contribution >= 0.6 is 0 Å². The molecule has 264 valence electrons. The fraction of sp³-hybridized carbons (Fsp3) is 0.190. The van der Waals surface area contributed by atoms with Gasteiger partial charge in [-0.25, -0.2) is 4.39 Å². The van der Waals surface area contributed by atoms with Gasteiger partial charge >= 0.3 is 0 Å². The molecule has 53 heavy (non-hydrogen) atoms. The Kier molecular flexibility index (Phi) is 9.52. The van der Waals surface area contributed by atoms with E-state index in [0.717, 1.165) is 50.4 Å². The van der Waals surface area contributed by atoms with Crippen LogP contribution < -0.4 is 21.5 Å². The monoisotopic (exact) mass is 706 g/mol. The zero-order chi connectivity index (χ0) is 37.2. The first kappa shape index (κ1) is 34.8. The summed E-state index contributed by atoms with van der Waals surface area (Å²) < 4.78 is 16.8. The summed E-state index contributed by atoms with van der Waals surface area (Å²) >= 11 is 0. The molecule has 0 aliphatic carbocycles. The molecule has 11 heteroatoms. The molecule has 0 saturated carbocycles. The molecule has 1 saturated heterocycles. The molecule has 0 spiro atoms. The highest BCUT2D eigenvalue weighted by atomic mass is 19.1. The van der Waals surface area contributed by atoms with Crippen LogP contribution in [0.3, 0.4) is 0 Å². The Morgan fingerprint density at radius 1 is 0.981 bits per heavy atom. The van der Waals surface area contributed by atoms with E-state index in [4.69, 9.17) is 4.98 Å². The average molecular weight is 707 g/mol. The van der Waals surface area contributed by atoms with Crippen LogP contribution in [0.2, 0.25) is 0 Å². The Morgan fingerprint density at radius 3 is 2.58 bits per heavy atom. The van der Waals surface area contributed by atoms with Gasteiger partial charge in [-0.1, -0.05) is 49.1 Å². The number of nitrogens with zero attached hydrogens (tertiary/aromatic N) is 3. The second kappa shape index (κ2) is 14.5. The third-order valence-electron chi connectivity index (χ3n) is 9.47. The van der Waals surface area contributed by atoms with Gasteiger partial charge in [-0.05, 0) is 84.3 Å². The Balaban J connectivity index is 1.05. The first-order valence-corrected chi connectivity index (χ1v) is 17.3. The van der Waals surface area contributed by atoms with Gasteiger partial charge in [0.15, 0.2) is 5.82 Å². The van der Waals surface area contributed by atoms with Crippen molar-refractivity contribution in [2.24, 2.45) is 7.05 Å². The van der Waals surface area contributed by atoms with Gasteiger partial charge in [0.05, 0.1) is 29.0 Å². The van der Waals surface area contributed by atoms with Crippen molar-refractivity contribution in [1.29, 1.82) is 0 Å². The highest BCUT2D eigenvalue weighted by molar-refractivity contribution is 6.05. The van der Waals surface area contributed by atoms with Crippen LogP contribution in [0.15, 0.2) is 90.0 Å². The molecule has 3 amide bonds. The molecule has 1 fully saturated rings. The Hall–Kier alpha value is -6.67. The summed E-state index contributed by atoms with van der Waals surface area (Å²) in [5, 5.41) is 10.7. The molecule has 10 nitrogen and oxygen atoms in total. The maximum atomic E-state index is 15.1. The zero-order valence-electron chi connectivity index (χ0n) is 29.3. The lowest BCUT2D eigenvalue weighted by Gasteiger charge is -2.23. The maximum absolute atomic E-state index is 15.1. The van der Waals surface area contributed by atoms with E-state index in [0.29, 0.717) is 11.3 Å². The van der Waals surface area contributed by atoms with E-state index < -0.39 is 23.7 Å². The van der Waals surface area contributed by atoms with Crippen LogP contribution in [0.5, 0.6) is 0 Å². The quantitative estimate of drug-likeness (QED) is 0.141. The van der Waals surface area contributed by atoms with Crippen LogP contribution in [0.4, 0.5) is 10.1 Å². The Bertz CT molecular complexity index is 2590. The number of carbonyl (C=O) groups is 3. The normalized spacial score (nSPS) is 14.1. The van der Waals surface area contributed by atoms with Crippen LogP contribution in [0.25, 0.3) is 44.1 Å².